The van der Waals surface area contributed by atoms with Crippen LogP contribution in [0.25, 0.3) is 0 Å². The van der Waals surface area contributed by atoms with E-state index in [0.29, 0.717) is 43.3 Å². The summed E-state index contributed by atoms with van der Waals surface area (Å²) in [7, 11) is -2.86. The van der Waals surface area contributed by atoms with Gasteiger partial charge in [-0.15, -0.1) is 0 Å². The zero-order valence-electron chi connectivity index (χ0n) is 19.9. The number of nitrogens with zero attached hydrogens (tertiary/aromatic N) is 3. The number of amides is 1. The van der Waals surface area contributed by atoms with Crippen molar-refractivity contribution < 1.29 is 31.1 Å². The molecule has 0 saturated carbocycles. The number of ether oxygens (including phenoxy) is 2. The summed E-state index contributed by atoms with van der Waals surface area (Å²) in [4.78, 5) is 12.5. The molecule has 1 fully saturated rings. The first kappa shape index (κ1) is 26.9. The smallest absolute Gasteiger partial charge is 0.303 e. The predicted molar refractivity (Wildman–Crippen MR) is 131 cm³/mol. The van der Waals surface area contributed by atoms with Crippen molar-refractivity contribution in [2.75, 3.05) is 64.9 Å². The van der Waals surface area contributed by atoms with Crippen LogP contribution >= 0.6 is 0 Å². The van der Waals surface area contributed by atoms with Crippen LogP contribution in [0.2, 0.25) is 0 Å². The SMILES string of the molecule is CN(C)S(=O)(=O)N(C)c1ccc(C(=O)NCCOc2ccc(S(=O)(=O)N3CCOCC3)cc2)cc1. The maximum Gasteiger partial charge on any atom is 0.303 e. The fourth-order valence-corrected chi connectivity index (χ4v) is 5.57. The standard InChI is InChI=1S/C22H30N4O7S2/c1-24(2)35(30,31)25(3)19-6-4-18(5-7-19)22(27)23-12-15-33-20-8-10-21(11-9-20)34(28,29)26-13-16-32-17-14-26/h4-11H,12-17H2,1-3H3,(H,23,27). The quantitative estimate of drug-likeness (QED) is 0.453. The summed E-state index contributed by atoms with van der Waals surface area (Å²) in [6.07, 6.45) is 0. The van der Waals surface area contributed by atoms with Crippen LogP contribution < -0.4 is 14.4 Å². The van der Waals surface area contributed by atoms with E-state index >= 15 is 0 Å². The molecule has 1 saturated heterocycles. The summed E-state index contributed by atoms with van der Waals surface area (Å²) >= 11 is 0. The number of anilines is 1. The van der Waals surface area contributed by atoms with Gasteiger partial charge in [-0.05, 0) is 48.5 Å². The molecule has 11 nitrogen and oxygen atoms in total. The molecule has 0 bridgehead atoms. The van der Waals surface area contributed by atoms with Crippen molar-refractivity contribution in [2.24, 2.45) is 0 Å². The Kier molecular flexibility index (Phi) is 8.72. The summed E-state index contributed by atoms with van der Waals surface area (Å²) in [5.41, 5.74) is 0.805. The highest BCUT2D eigenvalue weighted by Gasteiger charge is 2.26. The van der Waals surface area contributed by atoms with E-state index in [-0.39, 0.29) is 24.0 Å². The number of morpholine rings is 1. The van der Waals surface area contributed by atoms with Crippen LogP contribution in [0, 0.1) is 0 Å². The molecule has 192 valence electrons. The van der Waals surface area contributed by atoms with E-state index in [4.69, 9.17) is 9.47 Å². The Morgan fingerprint density at radius 1 is 0.971 bits per heavy atom. The highest BCUT2D eigenvalue weighted by molar-refractivity contribution is 7.90. The van der Waals surface area contributed by atoms with E-state index in [0.717, 1.165) is 8.61 Å². The minimum absolute atomic E-state index is 0.184. The van der Waals surface area contributed by atoms with Gasteiger partial charge in [0.1, 0.15) is 12.4 Å². The van der Waals surface area contributed by atoms with E-state index in [1.54, 1.807) is 36.4 Å². The van der Waals surface area contributed by atoms with Gasteiger partial charge >= 0.3 is 10.2 Å². The van der Waals surface area contributed by atoms with E-state index in [9.17, 15) is 21.6 Å². The van der Waals surface area contributed by atoms with Crippen LogP contribution in [0.3, 0.4) is 0 Å². The van der Waals surface area contributed by atoms with Gasteiger partial charge in [-0.1, -0.05) is 0 Å². The Morgan fingerprint density at radius 3 is 2.14 bits per heavy atom. The van der Waals surface area contributed by atoms with Gasteiger partial charge in [0.15, 0.2) is 0 Å². The van der Waals surface area contributed by atoms with Crippen molar-refractivity contribution in [3.8, 4) is 5.75 Å². The zero-order valence-corrected chi connectivity index (χ0v) is 21.5. The van der Waals surface area contributed by atoms with Crippen LogP contribution in [-0.4, -0.2) is 92.0 Å². The maximum absolute atomic E-state index is 12.7. The molecule has 2 aromatic rings. The molecule has 1 heterocycles. The van der Waals surface area contributed by atoms with Crippen LogP contribution in [0.15, 0.2) is 53.4 Å². The third-order valence-electron chi connectivity index (χ3n) is 5.39. The van der Waals surface area contributed by atoms with Crippen LogP contribution in [-0.2, 0) is 25.0 Å². The van der Waals surface area contributed by atoms with Gasteiger partial charge in [-0.25, -0.2) is 8.42 Å². The molecule has 0 radical (unpaired) electrons. The van der Waals surface area contributed by atoms with Gasteiger partial charge in [0.05, 0.1) is 30.3 Å². The fourth-order valence-electron chi connectivity index (χ4n) is 3.28. The number of benzene rings is 2. The molecule has 0 unspecified atom stereocenters. The number of nitrogens with one attached hydrogen (secondary N) is 1. The molecule has 13 heteroatoms. The molecule has 1 amide bonds. The number of sulfonamides is 1. The Balaban J connectivity index is 1.48. The van der Waals surface area contributed by atoms with Crippen molar-refractivity contribution in [1.29, 1.82) is 0 Å². The average Bonchev–Trinajstić information content (AvgIpc) is 2.86. The molecular weight excluding hydrogens is 496 g/mol. The van der Waals surface area contributed by atoms with Crippen LogP contribution in [0.5, 0.6) is 5.75 Å². The minimum atomic E-state index is -3.62. The van der Waals surface area contributed by atoms with E-state index in [1.807, 2.05) is 0 Å². The Labute approximate surface area is 206 Å². The second-order valence-corrected chi connectivity index (χ2v) is 12.0. The predicted octanol–water partition coefficient (Wildman–Crippen LogP) is 0.759. The Morgan fingerprint density at radius 2 is 1.57 bits per heavy atom. The normalized spacial score (nSPS) is 15.1. The highest BCUT2D eigenvalue weighted by atomic mass is 32.2. The molecule has 0 atom stereocenters. The molecule has 1 N–H and O–H groups in total. The number of hydrogen-bond donors (Lipinski definition) is 1. The third kappa shape index (κ3) is 6.49. The lowest BCUT2D eigenvalue weighted by atomic mass is 10.2. The van der Waals surface area contributed by atoms with Gasteiger partial charge in [0.2, 0.25) is 10.0 Å². The lowest BCUT2D eigenvalue weighted by Gasteiger charge is -2.26. The van der Waals surface area contributed by atoms with E-state index in [2.05, 4.69) is 5.32 Å². The largest absolute Gasteiger partial charge is 0.492 e. The molecule has 1 aliphatic rings. The van der Waals surface area contributed by atoms with Gasteiger partial charge in [-0.3, -0.25) is 9.10 Å². The van der Waals surface area contributed by atoms with E-state index in [1.165, 1.54) is 37.6 Å². The first-order valence-corrected chi connectivity index (χ1v) is 13.7. The second-order valence-electron chi connectivity index (χ2n) is 7.90. The average molecular weight is 527 g/mol. The molecule has 0 aromatic heterocycles. The topological polar surface area (TPSA) is 126 Å². The summed E-state index contributed by atoms with van der Waals surface area (Å²) in [5, 5.41) is 2.73. The van der Waals surface area contributed by atoms with Gasteiger partial charge in [0.25, 0.3) is 5.91 Å². The van der Waals surface area contributed by atoms with Crippen LogP contribution in [0.1, 0.15) is 10.4 Å². The highest BCUT2D eigenvalue weighted by Crippen LogP contribution is 2.21. The monoisotopic (exact) mass is 526 g/mol. The minimum Gasteiger partial charge on any atom is -0.492 e. The Hall–Kier alpha value is -2.71. The number of hydrogen-bond acceptors (Lipinski definition) is 7. The number of carbonyl (C=O) groups excluding carboxylic acids is 1. The van der Waals surface area contributed by atoms with Crippen molar-refractivity contribution >= 4 is 31.8 Å². The summed E-state index contributed by atoms with van der Waals surface area (Å²) in [6.45, 7) is 1.83. The number of rotatable bonds is 10. The number of carbonyl (C=O) groups is 1. The zero-order chi connectivity index (χ0) is 25.6. The van der Waals surface area contributed by atoms with E-state index < -0.39 is 20.2 Å². The lowest BCUT2D eigenvalue weighted by Crippen LogP contribution is -2.40. The van der Waals surface area contributed by atoms with Gasteiger partial charge < -0.3 is 14.8 Å². The third-order valence-corrected chi connectivity index (χ3v) is 9.13. The van der Waals surface area contributed by atoms with Gasteiger partial charge in [0, 0.05) is 39.8 Å². The molecule has 1 aliphatic heterocycles. The maximum atomic E-state index is 12.7. The van der Waals surface area contributed by atoms with Crippen molar-refractivity contribution in [3.05, 3.63) is 54.1 Å². The van der Waals surface area contributed by atoms with Gasteiger partial charge in [-0.2, -0.15) is 17.0 Å². The molecule has 0 aliphatic carbocycles. The lowest BCUT2D eigenvalue weighted by molar-refractivity contribution is 0.0730. The first-order chi connectivity index (χ1) is 16.5. The first-order valence-electron chi connectivity index (χ1n) is 10.9. The molecule has 3 rings (SSSR count). The fraction of sp³-hybridized carbons (Fsp3) is 0.409. The molecule has 0 spiro atoms. The molecular formula is C22H30N4O7S2. The summed E-state index contributed by atoms with van der Waals surface area (Å²) < 4.78 is 64.1. The van der Waals surface area contributed by atoms with Crippen molar-refractivity contribution in [3.63, 3.8) is 0 Å². The molecule has 35 heavy (non-hydrogen) atoms. The summed E-state index contributed by atoms with van der Waals surface area (Å²) in [5.74, 6) is 0.153. The van der Waals surface area contributed by atoms with Crippen LogP contribution in [0.4, 0.5) is 5.69 Å². The molecule has 2 aromatic carbocycles. The van der Waals surface area contributed by atoms with Crippen molar-refractivity contribution in [2.45, 2.75) is 4.90 Å². The second kappa shape index (κ2) is 11.4. The summed E-state index contributed by atoms with van der Waals surface area (Å²) in [6, 6.07) is 12.3. The van der Waals surface area contributed by atoms with Crippen molar-refractivity contribution in [1.82, 2.24) is 13.9 Å². The Bertz CT molecular complexity index is 1210.